The summed E-state index contributed by atoms with van der Waals surface area (Å²) in [5.74, 6) is 0. The van der Waals surface area contributed by atoms with Crippen molar-refractivity contribution in [3.63, 3.8) is 0 Å². The van der Waals surface area contributed by atoms with Crippen LogP contribution in [0.4, 0.5) is 0 Å². The second-order valence-electron chi connectivity index (χ2n) is 4.14. The maximum atomic E-state index is 9.41. The molecule has 0 aromatic carbocycles. The third-order valence-electron chi connectivity index (χ3n) is 2.86. The molecule has 0 bridgehead atoms. The van der Waals surface area contributed by atoms with E-state index in [0.29, 0.717) is 0 Å². The smallest absolute Gasteiger partial charge is 0.0926 e. The summed E-state index contributed by atoms with van der Waals surface area (Å²) in [5.41, 5.74) is -0.0783. The fraction of sp³-hybridized carbons (Fsp3) is 0.889. The Kier molecular flexibility index (Phi) is 2.41. The van der Waals surface area contributed by atoms with E-state index in [1.165, 1.54) is 0 Å². The van der Waals surface area contributed by atoms with Gasteiger partial charge < -0.3 is 5.11 Å². The first-order valence-corrected chi connectivity index (χ1v) is 4.32. The van der Waals surface area contributed by atoms with Gasteiger partial charge in [-0.15, -0.1) is 0 Å². The van der Waals surface area contributed by atoms with Crippen LogP contribution in [0.15, 0.2) is 0 Å². The zero-order chi connectivity index (χ0) is 9.35. The summed E-state index contributed by atoms with van der Waals surface area (Å²) in [6.07, 6.45) is 0.542. The Bertz CT molecular complexity index is 207. The molecule has 0 saturated heterocycles. The van der Waals surface area contributed by atoms with Crippen molar-refractivity contribution >= 4 is 0 Å². The van der Waals surface area contributed by atoms with Crippen LogP contribution in [-0.4, -0.2) is 23.3 Å². The fourth-order valence-corrected chi connectivity index (χ4v) is 1.52. The molecule has 1 aliphatic rings. The van der Waals surface area contributed by atoms with Gasteiger partial charge in [-0.1, -0.05) is 13.8 Å². The van der Waals surface area contributed by atoms with Crippen LogP contribution in [0.3, 0.4) is 0 Å². The van der Waals surface area contributed by atoms with E-state index in [0.717, 1.165) is 6.42 Å². The minimum Gasteiger partial charge on any atom is -0.392 e. The molecule has 3 heteroatoms. The molecule has 3 unspecified atom stereocenters. The molecule has 1 fully saturated rings. The summed E-state index contributed by atoms with van der Waals surface area (Å²) in [6.45, 7) is 5.87. The molecule has 0 spiro atoms. The Morgan fingerprint density at radius 1 is 1.67 bits per heavy atom. The highest BCUT2D eigenvalue weighted by Gasteiger charge is 2.47. The maximum absolute atomic E-state index is 9.41. The molecule has 0 aromatic heterocycles. The van der Waals surface area contributed by atoms with Crippen LogP contribution >= 0.6 is 0 Å². The van der Waals surface area contributed by atoms with Crippen LogP contribution in [0.25, 0.3) is 0 Å². The first kappa shape index (κ1) is 9.50. The van der Waals surface area contributed by atoms with Crippen molar-refractivity contribution in [1.29, 1.82) is 5.26 Å². The lowest BCUT2D eigenvalue weighted by molar-refractivity contribution is -0.0736. The van der Waals surface area contributed by atoms with Gasteiger partial charge >= 0.3 is 0 Å². The monoisotopic (exact) mass is 168 g/mol. The topological polar surface area (TPSA) is 56.0 Å². The lowest BCUT2D eigenvalue weighted by Crippen LogP contribution is -2.61. The zero-order valence-corrected chi connectivity index (χ0v) is 7.83. The molecular weight excluding hydrogens is 152 g/mol. The third-order valence-corrected chi connectivity index (χ3v) is 2.86. The summed E-state index contributed by atoms with van der Waals surface area (Å²) < 4.78 is 0. The molecule has 68 valence electrons. The molecule has 0 amide bonds. The average Bonchev–Trinajstić information content (AvgIpc) is 2.03. The van der Waals surface area contributed by atoms with Gasteiger partial charge in [0.15, 0.2) is 0 Å². The summed E-state index contributed by atoms with van der Waals surface area (Å²) in [6, 6.07) is 2.28. The number of nitriles is 1. The van der Waals surface area contributed by atoms with Crippen LogP contribution in [0.1, 0.15) is 27.2 Å². The van der Waals surface area contributed by atoms with Crippen molar-refractivity contribution < 1.29 is 5.11 Å². The van der Waals surface area contributed by atoms with Gasteiger partial charge in [-0.2, -0.15) is 5.26 Å². The van der Waals surface area contributed by atoms with Crippen molar-refractivity contribution in [3.05, 3.63) is 0 Å². The van der Waals surface area contributed by atoms with Crippen molar-refractivity contribution in [1.82, 2.24) is 5.32 Å². The van der Waals surface area contributed by atoms with E-state index in [2.05, 4.69) is 11.4 Å². The molecule has 2 N–H and O–H groups in total. The van der Waals surface area contributed by atoms with Crippen LogP contribution < -0.4 is 5.32 Å². The Morgan fingerprint density at radius 3 is 2.58 bits per heavy atom. The van der Waals surface area contributed by atoms with E-state index in [4.69, 9.17) is 5.26 Å². The maximum Gasteiger partial charge on any atom is 0.0926 e. The largest absolute Gasteiger partial charge is 0.392 e. The number of rotatable bonds is 2. The number of nitrogens with one attached hydrogen (secondary N) is 1. The summed E-state index contributed by atoms with van der Waals surface area (Å²) in [7, 11) is 0. The van der Waals surface area contributed by atoms with Crippen molar-refractivity contribution in [2.24, 2.45) is 5.41 Å². The second-order valence-corrected chi connectivity index (χ2v) is 4.14. The van der Waals surface area contributed by atoms with Gasteiger partial charge in [0, 0.05) is 11.5 Å². The Hall–Kier alpha value is -0.590. The first-order chi connectivity index (χ1) is 5.48. The van der Waals surface area contributed by atoms with Gasteiger partial charge in [0.25, 0.3) is 0 Å². The standard InChI is InChI=1S/C9H16N2O/c1-6(5-10)11-7-4-8(12)9(7,2)3/h6-8,11-12H,4H2,1-3H3. The number of hydrogen-bond acceptors (Lipinski definition) is 3. The third kappa shape index (κ3) is 1.45. The molecule has 0 radical (unpaired) electrons. The van der Waals surface area contributed by atoms with Crippen LogP contribution in [0, 0.1) is 16.7 Å². The quantitative estimate of drug-likeness (QED) is 0.636. The minimum absolute atomic E-state index is 0.0783. The zero-order valence-electron chi connectivity index (χ0n) is 7.83. The lowest BCUT2D eigenvalue weighted by atomic mass is 9.64. The van der Waals surface area contributed by atoms with E-state index in [1.54, 1.807) is 0 Å². The molecule has 1 rings (SSSR count). The molecule has 0 aliphatic heterocycles. The fourth-order valence-electron chi connectivity index (χ4n) is 1.52. The van der Waals surface area contributed by atoms with Gasteiger partial charge in [-0.25, -0.2) is 0 Å². The lowest BCUT2D eigenvalue weighted by Gasteiger charge is -2.50. The van der Waals surface area contributed by atoms with Gasteiger partial charge in [-0.3, -0.25) is 5.32 Å². The highest BCUT2D eigenvalue weighted by molar-refractivity contribution is 5.04. The predicted molar refractivity (Wildman–Crippen MR) is 46.4 cm³/mol. The molecule has 1 saturated carbocycles. The van der Waals surface area contributed by atoms with Crippen LogP contribution in [0.2, 0.25) is 0 Å². The summed E-state index contributed by atoms with van der Waals surface area (Å²) >= 11 is 0. The second kappa shape index (κ2) is 3.04. The van der Waals surface area contributed by atoms with Crippen molar-refractivity contribution in [2.75, 3.05) is 0 Å². The summed E-state index contributed by atoms with van der Waals surface area (Å²) in [5, 5.41) is 21.1. The van der Waals surface area contributed by atoms with Gasteiger partial charge in [-0.05, 0) is 13.3 Å². The van der Waals surface area contributed by atoms with E-state index in [1.807, 2.05) is 20.8 Å². The minimum atomic E-state index is -0.221. The Morgan fingerprint density at radius 2 is 2.25 bits per heavy atom. The van der Waals surface area contributed by atoms with Crippen LogP contribution in [-0.2, 0) is 0 Å². The molecule has 12 heavy (non-hydrogen) atoms. The van der Waals surface area contributed by atoms with E-state index >= 15 is 0 Å². The molecule has 0 heterocycles. The molecule has 0 aromatic rings. The summed E-state index contributed by atoms with van der Waals surface area (Å²) in [4.78, 5) is 0. The van der Waals surface area contributed by atoms with Crippen LogP contribution in [0.5, 0.6) is 0 Å². The Labute approximate surface area is 73.4 Å². The highest BCUT2D eigenvalue weighted by atomic mass is 16.3. The number of hydrogen-bond donors (Lipinski definition) is 2. The highest BCUT2D eigenvalue weighted by Crippen LogP contribution is 2.40. The van der Waals surface area contributed by atoms with Crippen molar-refractivity contribution in [3.8, 4) is 6.07 Å². The number of nitrogens with zero attached hydrogens (tertiary/aromatic N) is 1. The SMILES string of the molecule is CC(C#N)NC1CC(O)C1(C)C. The predicted octanol–water partition coefficient (Wildman–Crippen LogP) is 0.647. The average molecular weight is 168 g/mol. The molecule has 3 nitrogen and oxygen atoms in total. The molecular formula is C9H16N2O. The molecule has 3 atom stereocenters. The first-order valence-electron chi connectivity index (χ1n) is 4.32. The molecule has 1 aliphatic carbocycles. The van der Waals surface area contributed by atoms with Gasteiger partial charge in [0.1, 0.15) is 0 Å². The number of aliphatic hydroxyl groups excluding tert-OH is 1. The van der Waals surface area contributed by atoms with E-state index in [-0.39, 0.29) is 23.6 Å². The number of aliphatic hydroxyl groups is 1. The van der Waals surface area contributed by atoms with E-state index in [9.17, 15) is 5.11 Å². The van der Waals surface area contributed by atoms with E-state index < -0.39 is 0 Å². The van der Waals surface area contributed by atoms with Gasteiger partial charge in [0.2, 0.25) is 0 Å². The van der Waals surface area contributed by atoms with Crippen molar-refractivity contribution in [2.45, 2.75) is 45.4 Å². The Balaban J connectivity index is 2.43. The van der Waals surface area contributed by atoms with Gasteiger partial charge in [0.05, 0.1) is 18.2 Å². The normalized spacial score (nSPS) is 34.9.